The molecule has 0 amide bonds. The van der Waals surface area contributed by atoms with Gasteiger partial charge < -0.3 is 0 Å². The van der Waals surface area contributed by atoms with E-state index in [-0.39, 0.29) is 15.9 Å². The lowest BCUT2D eigenvalue weighted by molar-refractivity contribution is -0.384. The standard InChI is InChI=1S/C11H5Cl3N2O2S/c12-8-5-9(13)11(15-10(8)14)19-7-3-1-6(2-4-7)16(17)18/h1-5H. The number of aromatic nitrogens is 1. The van der Waals surface area contributed by atoms with Gasteiger partial charge in [-0.25, -0.2) is 4.98 Å². The maximum Gasteiger partial charge on any atom is 0.269 e. The first-order valence-electron chi connectivity index (χ1n) is 4.91. The van der Waals surface area contributed by atoms with Gasteiger partial charge in [0.1, 0.15) is 10.2 Å². The average Bonchev–Trinajstić information content (AvgIpc) is 2.36. The lowest BCUT2D eigenvalue weighted by Gasteiger charge is -2.04. The second-order valence-corrected chi connectivity index (χ2v) is 5.64. The highest BCUT2D eigenvalue weighted by Crippen LogP contribution is 2.35. The number of pyridine rings is 1. The second-order valence-electron chi connectivity index (χ2n) is 3.40. The number of benzene rings is 1. The highest BCUT2D eigenvalue weighted by atomic mass is 35.5. The van der Waals surface area contributed by atoms with Crippen LogP contribution >= 0.6 is 46.6 Å². The summed E-state index contributed by atoms with van der Waals surface area (Å²) >= 11 is 18.8. The maximum atomic E-state index is 10.5. The van der Waals surface area contributed by atoms with Crippen molar-refractivity contribution in [3.05, 3.63) is 55.6 Å². The molecule has 0 aliphatic carbocycles. The van der Waals surface area contributed by atoms with Gasteiger partial charge >= 0.3 is 0 Å². The topological polar surface area (TPSA) is 56.0 Å². The Morgan fingerprint density at radius 3 is 2.32 bits per heavy atom. The molecule has 0 aliphatic heterocycles. The molecule has 0 aliphatic rings. The molecule has 2 rings (SSSR count). The minimum Gasteiger partial charge on any atom is -0.258 e. The Balaban J connectivity index is 2.26. The number of nitro groups is 1. The van der Waals surface area contributed by atoms with Crippen molar-refractivity contribution in [3.8, 4) is 0 Å². The number of nitrogens with zero attached hydrogens (tertiary/aromatic N) is 2. The quantitative estimate of drug-likeness (QED) is 0.445. The van der Waals surface area contributed by atoms with Gasteiger partial charge in [-0.05, 0) is 18.2 Å². The number of hydrogen-bond acceptors (Lipinski definition) is 4. The van der Waals surface area contributed by atoms with Crippen LogP contribution in [0.5, 0.6) is 0 Å². The largest absolute Gasteiger partial charge is 0.269 e. The molecule has 0 fully saturated rings. The zero-order valence-electron chi connectivity index (χ0n) is 9.14. The molecule has 2 aromatic rings. The Kier molecular flexibility index (Phi) is 4.52. The summed E-state index contributed by atoms with van der Waals surface area (Å²) in [4.78, 5) is 14.9. The van der Waals surface area contributed by atoms with Gasteiger partial charge in [-0.2, -0.15) is 0 Å². The van der Waals surface area contributed by atoms with Gasteiger partial charge in [0.05, 0.1) is 15.0 Å². The van der Waals surface area contributed by atoms with Crippen LogP contribution in [0.15, 0.2) is 40.3 Å². The number of hydrogen-bond donors (Lipinski definition) is 0. The highest BCUT2D eigenvalue weighted by Gasteiger charge is 2.10. The van der Waals surface area contributed by atoms with E-state index in [1.807, 2.05) is 0 Å². The molecule has 98 valence electrons. The lowest BCUT2D eigenvalue weighted by Crippen LogP contribution is -1.87. The van der Waals surface area contributed by atoms with Crippen LogP contribution in [0.4, 0.5) is 5.69 Å². The van der Waals surface area contributed by atoms with Gasteiger partial charge in [-0.3, -0.25) is 10.1 Å². The fourth-order valence-electron chi connectivity index (χ4n) is 1.25. The summed E-state index contributed by atoms with van der Waals surface area (Å²) < 4.78 is 0. The normalized spacial score (nSPS) is 10.5. The van der Waals surface area contributed by atoms with Crippen LogP contribution in [0.25, 0.3) is 0 Å². The molecule has 19 heavy (non-hydrogen) atoms. The summed E-state index contributed by atoms with van der Waals surface area (Å²) in [5, 5.41) is 11.8. The SMILES string of the molecule is O=[N+]([O-])c1ccc(Sc2nc(Cl)c(Cl)cc2Cl)cc1. The summed E-state index contributed by atoms with van der Waals surface area (Å²) in [6, 6.07) is 7.56. The average molecular weight is 336 g/mol. The Hall–Kier alpha value is -1.01. The predicted molar refractivity (Wildman–Crippen MR) is 76.5 cm³/mol. The molecule has 0 bridgehead atoms. The third-order valence-electron chi connectivity index (χ3n) is 2.12. The Morgan fingerprint density at radius 1 is 1.11 bits per heavy atom. The van der Waals surface area contributed by atoms with Gasteiger partial charge in [0, 0.05) is 17.0 Å². The molecule has 0 atom stereocenters. The van der Waals surface area contributed by atoms with Gasteiger partial charge in [0.15, 0.2) is 0 Å². The summed E-state index contributed by atoms with van der Waals surface area (Å²) in [5.74, 6) is 0. The first-order valence-corrected chi connectivity index (χ1v) is 6.86. The summed E-state index contributed by atoms with van der Waals surface area (Å²) in [5.41, 5.74) is 0.0255. The first kappa shape index (κ1) is 14.4. The van der Waals surface area contributed by atoms with Crippen LogP contribution < -0.4 is 0 Å². The van der Waals surface area contributed by atoms with Crippen LogP contribution in [0, 0.1) is 10.1 Å². The van der Waals surface area contributed by atoms with E-state index in [9.17, 15) is 10.1 Å². The summed E-state index contributed by atoms with van der Waals surface area (Å²) in [6.07, 6.45) is 0. The molecule has 0 saturated heterocycles. The molecule has 1 aromatic heterocycles. The minimum atomic E-state index is -0.459. The monoisotopic (exact) mass is 334 g/mol. The molecule has 0 spiro atoms. The van der Waals surface area contributed by atoms with Crippen molar-refractivity contribution in [3.63, 3.8) is 0 Å². The van der Waals surface area contributed by atoms with Crippen molar-refractivity contribution in [1.82, 2.24) is 4.98 Å². The minimum absolute atomic E-state index is 0.0255. The molecule has 0 radical (unpaired) electrons. The molecular formula is C11H5Cl3N2O2S. The van der Waals surface area contributed by atoms with E-state index in [1.54, 1.807) is 12.1 Å². The van der Waals surface area contributed by atoms with E-state index in [0.717, 1.165) is 4.90 Å². The van der Waals surface area contributed by atoms with Crippen molar-refractivity contribution in [2.24, 2.45) is 0 Å². The van der Waals surface area contributed by atoms with E-state index < -0.39 is 4.92 Å². The Bertz CT molecular complexity index is 635. The van der Waals surface area contributed by atoms with Crippen molar-refractivity contribution < 1.29 is 4.92 Å². The third kappa shape index (κ3) is 3.51. The summed E-state index contributed by atoms with van der Waals surface area (Å²) in [7, 11) is 0. The number of rotatable bonds is 3. The zero-order valence-corrected chi connectivity index (χ0v) is 12.2. The third-order valence-corrected chi connectivity index (χ3v) is 4.20. The number of nitro benzene ring substituents is 1. The molecular weight excluding hydrogens is 331 g/mol. The molecule has 0 unspecified atom stereocenters. The predicted octanol–water partition coefficient (Wildman–Crippen LogP) is 5.10. The highest BCUT2D eigenvalue weighted by molar-refractivity contribution is 7.99. The fourth-order valence-corrected chi connectivity index (χ4v) is 2.70. The van der Waals surface area contributed by atoms with Crippen molar-refractivity contribution in [1.29, 1.82) is 0 Å². The second kappa shape index (κ2) is 5.96. The fraction of sp³-hybridized carbons (Fsp3) is 0. The van der Waals surface area contributed by atoms with Gasteiger partial charge in [0.2, 0.25) is 0 Å². The zero-order chi connectivity index (χ0) is 14.0. The molecule has 8 heteroatoms. The Morgan fingerprint density at radius 2 is 1.74 bits per heavy atom. The van der Waals surface area contributed by atoms with E-state index in [0.29, 0.717) is 10.0 Å². The molecule has 0 N–H and O–H groups in total. The maximum absolute atomic E-state index is 10.5. The number of non-ortho nitro benzene ring substituents is 1. The van der Waals surface area contributed by atoms with E-state index in [2.05, 4.69) is 4.98 Å². The Labute approximate surface area is 127 Å². The smallest absolute Gasteiger partial charge is 0.258 e. The van der Waals surface area contributed by atoms with Crippen molar-refractivity contribution in [2.45, 2.75) is 9.92 Å². The van der Waals surface area contributed by atoms with Crippen LogP contribution in [0.2, 0.25) is 15.2 Å². The first-order chi connectivity index (χ1) is 8.97. The molecule has 0 saturated carbocycles. The molecule has 4 nitrogen and oxygen atoms in total. The summed E-state index contributed by atoms with van der Waals surface area (Å²) in [6.45, 7) is 0. The van der Waals surface area contributed by atoms with Crippen LogP contribution in [-0.2, 0) is 0 Å². The molecule has 1 heterocycles. The van der Waals surface area contributed by atoms with Gasteiger partial charge in [-0.1, -0.05) is 46.6 Å². The van der Waals surface area contributed by atoms with E-state index in [1.165, 1.54) is 30.0 Å². The van der Waals surface area contributed by atoms with Crippen LogP contribution in [0.1, 0.15) is 0 Å². The van der Waals surface area contributed by atoms with Crippen LogP contribution in [-0.4, -0.2) is 9.91 Å². The molecule has 1 aromatic carbocycles. The lowest BCUT2D eigenvalue weighted by atomic mass is 10.3. The van der Waals surface area contributed by atoms with Crippen molar-refractivity contribution >= 4 is 52.3 Å². The van der Waals surface area contributed by atoms with Crippen LogP contribution in [0.3, 0.4) is 0 Å². The van der Waals surface area contributed by atoms with Gasteiger partial charge in [0.25, 0.3) is 5.69 Å². The van der Waals surface area contributed by atoms with Gasteiger partial charge in [-0.15, -0.1) is 0 Å². The van der Waals surface area contributed by atoms with E-state index in [4.69, 9.17) is 34.8 Å². The van der Waals surface area contributed by atoms with E-state index >= 15 is 0 Å². The van der Waals surface area contributed by atoms with Crippen molar-refractivity contribution in [2.75, 3.05) is 0 Å². The number of halogens is 3.